The van der Waals surface area contributed by atoms with Crippen LogP contribution < -0.4 is 10.1 Å². The third-order valence-corrected chi connectivity index (χ3v) is 3.72. The highest BCUT2D eigenvalue weighted by molar-refractivity contribution is 6.33. The molecule has 0 aliphatic heterocycles. The minimum atomic E-state index is 0.236. The Morgan fingerprint density at radius 1 is 1.15 bits per heavy atom. The lowest BCUT2D eigenvalue weighted by molar-refractivity contribution is 0.415. The lowest BCUT2D eigenvalue weighted by Gasteiger charge is -2.20. The largest absolute Gasteiger partial charge is 0.497 e. The van der Waals surface area contributed by atoms with Crippen LogP contribution in [0.4, 0.5) is 5.69 Å². The molecule has 0 saturated carbocycles. The van der Waals surface area contributed by atoms with E-state index in [2.05, 4.69) is 43.4 Å². The maximum Gasteiger partial charge on any atom is 0.121 e. The van der Waals surface area contributed by atoms with Crippen molar-refractivity contribution >= 4 is 17.3 Å². The Kier molecular flexibility index (Phi) is 4.91. The second kappa shape index (κ2) is 6.67. The van der Waals surface area contributed by atoms with E-state index in [9.17, 15) is 0 Å². The molecule has 20 heavy (non-hydrogen) atoms. The molecule has 0 fully saturated rings. The summed E-state index contributed by atoms with van der Waals surface area (Å²) in [7, 11) is 1.66. The van der Waals surface area contributed by atoms with Gasteiger partial charge in [-0.1, -0.05) is 48.4 Å². The third kappa shape index (κ3) is 3.45. The van der Waals surface area contributed by atoms with Crippen LogP contribution in [0, 0.1) is 6.92 Å². The molecule has 0 radical (unpaired) electrons. The van der Waals surface area contributed by atoms with Crippen LogP contribution in [0.5, 0.6) is 5.75 Å². The Morgan fingerprint density at radius 3 is 2.45 bits per heavy atom. The lowest BCUT2D eigenvalue weighted by atomic mass is 10.0. The zero-order valence-corrected chi connectivity index (χ0v) is 12.9. The Bertz CT molecular complexity index is 566. The minimum Gasteiger partial charge on any atom is -0.497 e. The van der Waals surface area contributed by atoms with Crippen molar-refractivity contribution in [3.63, 3.8) is 0 Å². The number of nitrogens with one attached hydrogen (secondary N) is 1. The predicted molar refractivity (Wildman–Crippen MR) is 85.8 cm³/mol. The molecule has 1 atom stereocenters. The van der Waals surface area contributed by atoms with Gasteiger partial charge in [-0.3, -0.25) is 0 Å². The van der Waals surface area contributed by atoms with Crippen molar-refractivity contribution in [1.29, 1.82) is 0 Å². The number of halogens is 1. The van der Waals surface area contributed by atoms with Crippen LogP contribution in [-0.2, 0) is 0 Å². The van der Waals surface area contributed by atoms with Crippen LogP contribution in [0.25, 0.3) is 0 Å². The number of aryl methyl sites for hydroxylation is 1. The molecular weight excluding hydrogens is 270 g/mol. The fourth-order valence-corrected chi connectivity index (χ4v) is 2.32. The van der Waals surface area contributed by atoms with Crippen molar-refractivity contribution in [2.75, 3.05) is 12.4 Å². The maximum atomic E-state index is 6.25. The molecule has 0 bridgehead atoms. The van der Waals surface area contributed by atoms with Gasteiger partial charge < -0.3 is 10.1 Å². The molecule has 0 heterocycles. The second-order valence-corrected chi connectivity index (χ2v) is 5.27. The summed E-state index contributed by atoms with van der Waals surface area (Å²) in [5, 5.41) is 4.20. The van der Waals surface area contributed by atoms with E-state index in [-0.39, 0.29) is 6.04 Å². The minimum absolute atomic E-state index is 0.236. The first-order valence-electron chi connectivity index (χ1n) is 6.80. The van der Waals surface area contributed by atoms with Crippen molar-refractivity contribution < 1.29 is 4.74 Å². The van der Waals surface area contributed by atoms with Crippen LogP contribution in [0.1, 0.15) is 30.5 Å². The fourth-order valence-electron chi connectivity index (χ4n) is 2.15. The van der Waals surface area contributed by atoms with E-state index < -0.39 is 0 Å². The Hall–Kier alpha value is -1.67. The predicted octanol–water partition coefficient (Wildman–Crippen LogP) is 5.22. The van der Waals surface area contributed by atoms with Gasteiger partial charge in [0, 0.05) is 6.07 Å². The standard InChI is InChI=1S/C17H20ClNO/c1-4-16(13-7-5-12(2)6-8-13)19-17-11-14(20-3)9-10-15(17)18/h5-11,16,19H,4H2,1-3H3. The first-order valence-corrected chi connectivity index (χ1v) is 7.18. The molecule has 0 aliphatic carbocycles. The van der Waals surface area contributed by atoms with Crippen molar-refractivity contribution in [3.8, 4) is 5.75 Å². The summed E-state index contributed by atoms with van der Waals surface area (Å²) < 4.78 is 5.25. The zero-order valence-electron chi connectivity index (χ0n) is 12.1. The van der Waals surface area contributed by atoms with Crippen molar-refractivity contribution in [2.45, 2.75) is 26.3 Å². The number of benzene rings is 2. The molecule has 2 nitrogen and oxygen atoms in total. The van der Waals surface area contributed by atoms with Gasteiger partial charge in [0.15, 0.2) is 0 Å². The Morgan fingerprint density at radius 2 is 1.85 bits per heavy atom. The first kappa shape index (κ1) is 14.7. The Labute approximate surface area is 125 Å². The van der Waals surface area contributed by atoms with E-state index in [0.29, 0.717) is 5.02 Å². The van der Waals surface area contributed by atoms with Crippen molar-refractivity contribution in [2.24, 2.45) is 0 Å². The maximum absolute atomic E-state index is 6.25. The monoisotopic (exact) mass is 289 g/mol. The smallest absolute Gasteiger partial charge is 0.121 e. The van der Waals surface area contributed by atoms with Crippen LogP contribution in [-0.4, -0.2) is 7.11 Å². The molecule has 0 aromatic heterocycles. The van der Waals surface area contributed by atoms with Gasteiger partial charge in [-0.15, -0.1) is 0 Å². The molecule has 2 aromatic rings. The summed E-state index contributed by atoms with van der Waals surface area (Å²) in [4.78, 5) is 0. The highest BCUT2D eigenvalue weighted by Gasteiger charge is 2.11. The normalized spacial score (nSPS) is 12.0. The van der Waals surface area contributed by atoms with Gasteiger partial charge >= 0.3 is 0 Å². The van der Waals surface area contributed by atoms with Crippen LogP contribution in [0.3, 0.4) is 0 Å². The molecule has 3 heteroatoms. The molecule has 0 saturated heterocycles. The zero-order chi connectivity index (χ0) is 14.5. The van der Waals surface area contributed by atoms with Gasteiger partial charge in [-0.2, -0.15) is 0 Å². The van der Waals surface area contributed by atoms with Gasteiger partial charge in [0.1, 0.15) is 5.75 Å². The van der Waals surface area contributed by atoms with Crippen LogP contribution >= 0.6 is 11.6 Å². The lowest BCUT2D eigenvalue weighted by Crippen LogP contribution is -2.10. The molecular formula is C17H20ClNO. The van der Waals surface area contributed by atoms with Gasteiger partial charge in [0.2, 0.25) is 0 Å². The average Bonchev–Trinajstić information content (AvgIpc) is 2.47. The summed E-state index contributed by atoms with van der Waals surface area (Å²) in [6.45, 7) is 4.25. The van der Waals surface area contributed by atoms with E-state index in [0.717, 1.165) is 17.9 Å². The third-order valence-electron chi connectivity index (χ3n) is 3.39. The van der Waals surface area contributed by atoms with E-state index in [1.807, 2.05) is 18.2 Å². The molecule has 2 rings (SSSR count). The summed E-state index contributed by atoms with van der Waals surface area (Å²) >= 11 is 6.25. The summed E-state index contributed by atoms with van der Waals surface area (Å²) in [6, 6.07) is 14.5. The van der Waals surface area contributed by atoms with Gasteiger partial charge in [0.25, 0.3) is 0 Å². The summed E-state index contributed by atoms with van der Waals surface area (Å²) in [5.41, 5.74) is 3.43. The number of hydrogen-bond acceptors (Lipinski definition) is 2. The molecule has 0 spiro atoms. The molecule has 0 amide bonds. The molecule has 1 unspecified atom stereocenters. The number of methoxy groups -OCH3 is 1. The van der Waals surface area contributed by atoms with Gasteiger partial charge in [-0.05, 0) is 31.0 Å². The fraction of sp³-hybridized carbons (Fsp3) is 0.294. The highest BCUT2D eigenvalue weighted by Crippen LogP contribution is 2.31. The summed E-state index contributed by atoms with van der Waals surface area (Å²) in [6.07, 6.45) is 0.983. The van der Waals surface area contributed by atoms with E-state index >= 15 is 0 Å². The van der Waals surface area contributed by atoms with E-state index in [1.54, 1.807) is 7.11 Å². The molecule has 2 aromatic carbocycles. The number of rotatable bonds is 5. The molecule has 106 valence electrons. The first-order chi connectivity index (χ1) is 9.63. The SMILES string of the molecule is CCC(Nc1cc(OC)ccc1Cl)c1ccc(C)cc1. The average molecular weight is 290 g/mol. The molecule has 0 aliphatic rings. The van der Waals surface area contributed by atoms with E-state index in [4.69, 9.17) is 16.3 Å². The number of anilines is 1. The Balaban J connectivity index is 2.23. The van der Waals surface area contributed by atoms with Crippen molar-refractivity contribution in [1.82, 2.24) is 0 Å². The number of hydrogen-bond donors (Lipinski definition) is 1. The molecule has 1 N–H and O–H groups in total. The topological polar surface area (TPSA) is 21.3 Å². The summed E-state index contributed by atoms with van der Waals surface area (Å²) in [5.74, 6) is 0.802. The van der Waals surface area contributed by atoms with E-state index in [1.165, 1.54) is 11.1 Å². The quantitative estimate of drug-likeness (QED) is 0.815. The van der Waals surface area contributed by atoms with Crippen molar-refractivity contribution in [3.05, 3.63) is 58.6 Å². The van der Waals surface area contributed by atoms with Gasteiger partial charge in [0.05, 0.1) is 23.9 Å². The second-order valence-electron chi connectivity index (χ2n) is 4.86. The van der Waals surface area contributed by atoms with Gasteiger partial charge in [-0.25, -0.2) is 0 Å². The van der Waals surface area contributed by atoms with Crippen LogP contribution in [0.2, 0.25) is 5.02 Å². The number of ether oxygens (including phenoxy) is 1. The highest BCUT2D eigenvalue weighted by atomic mass is 35.5. The van der Waals surface area contributed by atoms with Crippen LogP contribution in [0.15, 0.2) is 42.5 Å².